The van der Waals surface area contributed by atoms with Crippen molar-refractivity contribution in [3.63, 3.8) is 0 Å². The van der Waals surface area contributed by atoms with Crippen LogP contribution in [0, 0.1) is 6.07 Å². The Morgan fingerprint density at radius 2 is 0.987 bits per heavy atom. The molecule has 0 spiro atoms. The predicted molar refractivity (Wildman–Crippen MR) is 313 cm³/mol. The van der Waals surface area contributed by atoms with Gasteiger partial charge in [-0.05, 0) is 85.0 Å². The van der Waals surface area contributed by atoms with Gasteiger partial charge >= 0.3 is 0 Å². The number of phenolic OH excluding ortho intramolecular Hbond substituents is 1. The number of rotatable bonds is 8. The summed E-state index contributed by atoms with van der Waals surface area (Å²) in [5.74, 6) is 3.18. The molecule has 0 fully saturated rings. The molecule has 0 radical (unpaired) electrons. The molecule has 0 aliphatic carbocycles. The average Bonchev–Trinajstić information content (AvgIpc) is 3.78. The minimum atomic E-state index is -0.652. The molecule has 0 atom stereocenters. The first-order chi connectivity index (χ1) is 34.6. The van der Waals surface area contributed by atoms with Crippen LogP contribution >= 0.6 is 0 Å². The van der Waals surface area contributed by atoms with E-state index in [1.807, 2.05) is 12.3 Å². The van der Waals surface area contributed by atoms with Crippen LogP contribution in [0.25, 0.3) is 62.0 Å². The zero-order chi connectivity index (χ0) is 55.0. The Labute approximate surface area is 469 Å². The van der Waals surface area contributed by atoms with E-state index in [2.05, 4.69) is 258 Å². The molecule has 0 saturated carbocycles. The largest absolute Gasteiger partial charge is 0.507 e. The maximum atomic E-state index is 12.6. The van der Waals surface area contributed by atoms with Gasteiger partial charge in [-0.3, -0.25) is 4.57 Å². The number of pyridine rings is 1. The van der Waals surface area contributed by atoms with Crippen LogP contribution in [0.15, 0.2) is 122 Å². The number of phenols is 1. The normalized spacial score (nSPS) is 12.9. The van der Waals surface area contributed by atoms with Crippen molar-refractivity contribution < 1.29 is 26.2 Å². The number of nitrogens with zero attached hydrogens (tertiary/aromatic N) is 6. The molecule has 0 unspecified atom stereocenters. The Bertz CT molecular complexity index is 3360. The van der Waals surface area contributed by atoms with Crippen LogP contribution in [0.3, 0.4) is 0 Å². The monoisotopic (exact) mass is 1190 g/mol. The summed E-state index contributed by atoms with van der Waals surface area (Å²) < 4.78 is 2.23. The van der Waals surface area contributed by atoms with Crippen molar-refractivity contribution in [2.75, 3.05) is 0 Å². The fourth-order valence-corrected chi connectivity index (χ4v) is 9.38. The number of hydrogen-bond donors (Lipinski definition) is 1. The van der Waals surface area contributed by atoms with Gasteiger partial charge in [-0.25, -0.2) is 19.9 Å². The number of aromatic nitrogens is 6. The zero-order valence-electron chi connectivity index (χ0n) is 49.0. The summed E-state index contributed by atoms with van der Waals surface area (Å²) in [6.07, 6.45) is 4.10. The van der Waals surface area contributed by atoms with Gasteiger partial charge in [0.2, 0.25) is 0 Å². The van der Waals surface area contributed by atoms with Crippen LogP contribution < -0.4 is 0 Å². The first-order valence-corrected chi connectivity index (χ1v) is 26.7. The first-order valence-electron chi connectivity index (χ1n) is 26.7. The van der Waals surface area contributed by atoms with E-state index in [0.29, 0.717) is 17.2 Å². The quantitative estimate of drug-likeness (QED) is 0.153. The van der Waals surface area contributed by atoms with Crippen LogP contribution in [0.4, 0.5) is 0 Å². The molecule has 3 heterocycles. The number of hydrogen-bond acceptors (Lipinski definition) is 6. The molecule has 0 amide bonds. The molecule has 0 aliphatic heterocycles. The first kappa shape index (κ1) is 57.7. The topological polar surface area (TPSA) is 89.6 Å². The fourth-order valence-electron chi connectivity index (χ4n) is 9.38. The Kier molecular flexibility index (Phi) is 15.5. The number of aromatic hydroxyl groups is 1. The molecule has 76 heavy (non-hydrogen) atoms. The third-order valence-electron chi connectivity index (χ3n) is 14.4. The van der Waals surface area contributed by atoms with Gasteiger partial charge in [-0.2, -0.15) is 0 Å². The second-order valence-corrected chi connectivity index (χ2v) is 27.5. The van der Waals surface area contributed by atoms with Gasteiger partial charge in [-0.15, -0.1) is 34.9 Å². The van der Waals surface area contributed by atoms with Crippen molar-refractivity contribution in [1.82, 2.24) is 29.5 Å². The van der Waals surface area contributed by atoms with Crippen molar-refractivity contribution in [3.05, 3.63) is 173 Å². The number of benzene rings is 5. The van der Waals surface area contributed by atoms with Crippen LogP contribution in [0.2, 0.25) is 0 Å². The van der Waals surface area contributed by atoms with Crippen LogP contribution in [0.5, 0.6) is 5.75 Å². The van der Waals surface area contributed by atoms with E-state index in [1.54, 1.807) is 0 Å². The maximum Gasteiger partial charge on any atom is 0.163 e. The summed E-state index contributed by atoms with van der Waals surface area (Å²) in [4.78, 5) is 25.5. The standard InChI is InChI=1S/C68H81N6O.Pt/c1-62(2,3)48-34-47(54-37-46(32-33-69-54)42-24-22-21-23-25-42)35-50(38-48)68(19,20)56-41-74(59(70-56)51-39-49(63(4,5)6)40-53(57(51)75)65(10,11)12)55-31-30-45(36-52(55)64(7,8)9)43-26-28-44(29-27-43)58-71-60(66(13,14)15)73-61(72-58)67(16,17)18;/h21-34,36-41,75H,1-20H3;/q-1;. The molecule has 1 N–H and O–H groups in total. The summed E-state index contributed by atoms with van der Waals surface area (Å²) in [5, 5.41) is 12.6. The summed E-state index contributed by atoms with van der Waals surface area (Å²) >= 11 is 0. The van der Waals surface area contributed by atoms with E-state index in [0.717, 1.165) is 84.4 Å². The molecular weight excluding hydrogens is 1110 g/mol. The Morgan fingerprint density at radius 3 is 1.54 bits per heavy atom. The molecule has 5 aromatic carbocycles. The molecular formula is C68H81N6OPt-. The molecule has 0 bridgehead atoms. The predicted octanol–water partition coefficient (Wildman–Crippen LogP) is 17.4. The van der Waals surface area contributed by atoms with E-state index in [1.165, 1.54) is 5.56 Å². The summed E-state index contributed by atoms with van der Waals surface area (Å²) in [7, 11) is 0. The van der Waals surface area contributed by atoms with E-state index in [-0.39, 0.29) is 59.3 Å². The van der Waals surface area contributed by atoms with Gasteiger partial charge in [0.05, 0.1) is 16.9 Å². The number of imidazole rings is 1. The van der Waals surface area contributed by atoms with Crippen molar-refractivity contribution in [1.29, 1.82) is 0 Å². The van der Waals surface area contributed by atoms with Crippen LogP contribution in [-0.4, -0.2) is 34.6 Å². The second kappa shape index (κ2) is 20.4. The van der Waals surface area contributed by atoms with E-state index < -0.39 is 5.41 Å². The van der Waals surface area contributed by atoms with E-state index >= 15 is 0 Å². The van der Waals surface area contributed by atoms with Crippen LogP contribution in [-0.2, 0) is 59.0 Å². The van der Waals surface area contributed by atoms with Gasteiger partial charge in [0.25, 0.3) is 0 Å². The Hall–Kier alpha value is -6.04. The minimum absolute atomic E-state index is 0. The Morgan fingerprint density at radius 1 is 0.461 bits per heavy atom. The molecule has 400 valence electrons. The Balaban J connectivity index is 0.00000840. The molecule has 0 aliphatic rings. The summed E-state index contributed by atoms with van der Waals surface area (Å²) in [5.41, 5.74) is 13.0. The summed E-state index contributed by atoms with van der Waals surface area (Å²) in [6.45, 7) is 44.1. The molecule has 7 nitrogen and oxygen atoms in total. The zero-order valence-corrected chi connectivity index (χ0v) is 51.3. The fraction of sp³-hybridized carbons (Fsp3) is 0.397. The SMILES string of the molecule is CC(C)(C)c1cc(-c2cc(-c3ccccc3)ccn2)[c-]c(C(C)(C)c2cn(-c3ccc(-c4ccc(-c5nc(C(C)(C)C)nc(C(C)(C)C)n5)cc4)cc3C(C)(C)C)c(-c3cc(C(C)(C)C)cc(C(C)(C)C)c3O)n2)c1.[Pt]. The maximum absolute atomic E-state index is 12.6. The molecule has 8 rings (SSSR count). The minimum Gasteiger partial charge on any atom is -0.507 e. The smallest absolute Gasteiger partial charge is 0.163 e. The van der Waals surface area contributed by atoms with E-state index in [4.69, 9.17) is 24.9 Å². The van der Waals surface area contributed by atoms with Crippen molar-refractivity contribution >= 4 is 0 Å². The second-order valence-electron chi connectivity index (χ2n) is 27.5. The average molecular weight is 1190 g/mol. The van der Waals surface area contributed by atoms with Gasteiger partial charge in [0, 0.05) is 60.8 Å². The van der Waals surface area contributed by atoms with Crippen LogP contribution in [0.1, 0.15) is 184 Å². The third kappa shape index (κ3) is 12.1. The van der Waals surface area contributed by atoms with Gasteiger partial charge in [-0.1, -0.05) is 211 Å². The molecule has 8 aromatic rings. The van der Waals surface area contributed by atoms with Gasteiger partial charge < -0.3 is 10.1 Å². The molecule has 0 saturated heterocycles. The van der Waals surface area contributed by atoms with Crippen molar-refractivity contribution in [3.8, 4) is 67.7 Å². The van der Waals surface area contributed by atoms with Crippen molar-refractivity contribution in [2.45, 2.75) is 176 Å². The van der Waals surface area contributed by atoms with E-state index in [9.17, 15) is 5.11 Å². The molecule has 8 heteroatoms. The van der Waals surface area contributed by atoms with Crippen molar-refractivity contribution in [2.24, 2.45) is 0 Å². The van der Waals surface area contributed by atoms with Gasteiger partial charge in [0.15, 0.2) is 5.82 Å². The van der Waals surface area contributed by atoms with Gasteiger partial charge in [0.1, 0.15) is 23.2 Å². The third-order valence-corrected chi connectivity index (χ3v) is 14.4. The summed E-state index contributed by atoms with van der Waals surface area (Å²) in [6, 6.07) is 42.8. The molecule has 3 aromatic heterocycles.